The standard InChI is InChI=1S/C17H33N3O/c18-15-17(9-5-1-2-6-10-17)16(21)19-11-14-20-12-7-3-4-8-13-20/h1-15,18H2,(H,19,21). The third-order valence-electron chi connectivity index (χ3n) is 5.35. The van der Waals surface area contributed by atoms with Crippen LogP contribution in [0.2, 0.25) is 0 Å². The number of carbonyl (C=O) groups excluding carboxylic acids is 1. The molecule has 4 nitrogen and oxygen atoms in total. The zero-order valence-electron chi connectivity index (χ0n) is 13.5. The average Bonchev–Trinajstić information content (AvgIpc) is 2.90. The molecule has 21 heavy (non-hydrogen) atoms. The molecule has 0 atom stereocenters. The fourth-order valence-corrected chi connectivity index (χ4v) is 3.80. The molecule has 1 saturated carbocycles. The van der Waals surface area contributed by atoms with Gasteiger partial charge in [-0.2, -0.15) is 0 Å². The Hall–Kier alpha value is -0.610. The quantitative estimate of drug-likeness (QED) is 0.765. The first-order valence-corrected chi connectivity index (χ1v) is 8.98. The number of hydrogen-bond donors (Lipinski definition) is 2. The van der Waals surface area contributed by atoms with Crippen LogP contribution in [0.25, 0.3) is 0 Å². The highest BCUT2D eigenvalue weighted by molar-refractivity contribution is 5.82. The summed E-state index contributed by atoms with van der Waals surface area (Å²) in [4.78, 5) is 15.1. The Morgan fingerprint density at radius 3 is 2.10 bits per heavy atom. The predicted molar refractivity (Wildman–Crippen MR) is 87.1 cm³/mol. The molecule has 0 aromatic carbocycles. The van der Waals surface area contributed by atoms with Crippen LogP contribution in [-0.4, -0.2) is 43.5 Å². The highest BCUT2D eigenvalue weighted by atomic mass is 16.2. The van der Waals surface area contributed by atoms with Crippen LogP contribution in [-0.2, 0) is 4.79 Å². The third kappa shape index (κ3) is 4.96. The Bertz CT molecular complexity index is 303. The lowest BCUT2D eigenvalue weighted by Crippen LogP contribution is -2.47. The van der Waals surface area contributed by atoms with Crippen LogP contribution in [0.15, 0.2) is 0 Å². The molecule has 0 aromatic heterocycles. The summed E-state index contributed by atoms with van der Waals surface area (Å²) >= 11 is 0. The monoisotopic (exact) mass is 295 g/mol. The predicted octanol–water partition coefficient (Wildman–Crippen LogP) is 2.28. The number of nitrogens with two attached hydrogens (primary N) is 1. The van der Waals surface area contributed by atoms with Gasteiger partial charge in [0.15, 0.2) is 0 Å². The number of amides is 1. The molecule has 0 radical (unpaired) electrons. The molecule has 1 aliphatic carbocycles. The summed E-state index contributed by atoms with van der Waals surface area (Å²) in [7, 11) is 0. The van der Waals surface area contributed by atoms with Crippen LogP contribution in [0.1, 0.15) is 64.2 Å². The summed E-state index contributed by atoms with van der Waals surface area (Å²) in [6.45, 7) is 4.66. The molecule has 3 N–H and O–H groups in total. The van der Waals surface area contributed by atoms with E-state index in [-0.39, 0.29) is 11.3 Å². The molecule has 4 heteroatoms. The van der Waals surface area contributed by atoms with Gasteiger partial charge in [0, 0.05) is 19.6 Å². The fourth-order valence-electron chi connectivity index (χ4n) is 3.80. The van der Waals surface area contributed by atoms with Crippen LogP contribution in [0.5, 0.6) is 0 Å². The molecule has 0 spiro atoms. The Morgan fingerprint density at radius 2 is 1.52 bits per heavy atom. The van der Waals surface area contributed by atoms with Crippen molar-refractivity contribution in [1.82, 2.24) is 10.2 Å². The molecule has 2 aliphatic rings. The molecule has 0 aromatic rings. The van der Waals surface area contributed by atoms with E-state index in [0.717, 1.165) is 38.8 Å². The summed E-state index contributed by atoms with van der Waals surface area (Å²) < 4.78 is 0. The van der Waals surface area contributed by atoms with Gasteiger partial charge in [-0.25, -0.2) is 0 Å². The maximum absolute atomic E-state index is 12.6. The van der Waals surface area contributed by atoms with Gasteiger partial charge in [0.2, 0.25) is 5.91 Å². The first-order valence-electron chi connectivity index (χ1n) is 8.98. The van der Waals surface area contributed by atoms with E-state index in [1.165, 1.54) is 51.6 Å². The van der Waals surface area contributed by atoms with Gasteiger partial charge in [-0.05, 0) is 38.8 Å². The van der Waals surface area contributed by atoms with Gasteiger partial charge < -0.3 is 16.0 Å². The lowest BCUT2D eigenvalue weighted by molar-refractivity contribution is -0.131. The van der Waals surface area contributed by atoms with E-state index in [9.17, 15) is 4.79 Å². The van der Waals surface area contributed by atoms with Gasteiger partial charge in [-0.15, -0.1) is 0 Å². The highest BCUT2D eigenvalue weighted by Gasteiger charge is 2.36. The first-order chi connectivity index (χ1) is 10.3. The maximum atomic E-state index is 12.6. The van der Waals surface area contributed by atoms with Crippen molar-refractivity contribution < 1.29 is 4.79 Å². The van der Waals surface area contributed by atoms with Crippen molar-refractivity contribution in [1.29, 1.82) is 0 Å². The molecular weight excluding hydrogens is 262 g/mol. The second kappa shape index (κ2) is 8.74. The molecule has 2 rings (SSSR count). The molecule has 122 valence electrons. The second-order valence-corrected chi connectivity index (χ2v) is 6.91. The van der Waals surface area contributed by atoms with Gasteiger partial charge in [0.1, 0.15) is 0 Å². The molecule has 0 unspecified atom stereocenters. The van der Waals surface area contributed by atoms with Gasteiger partial charge in [-0.3, -0.25) is 4.79 Å². The van der Waals surface area contributed by atoms with Gasteiger partial charge in [0.05, 0.1) is 5.41 Å². The Kier molecular flexibility index (Phi) is 6.97. The van der Waals surface area contributed by atoms with Crippen LogP contribution in [0, 0.1) is 5.41 Å². The fraction of sp³-hybridized carbons (Fsp3) is 0.941. The zero-order chi connectivity index (χ0) is 15.0. The second-order valence-electron chi connectivity index (χ2n) is 6.91. The van der Waals surface area contributed by atoms with Crippen molar-refractivity contribution in [2.75, 3.05) is 32.7 Å². The molecule has 1 aliphatic heterocycles. The minimum atomic E-state index is -0.282. The SMILES string of the molecule is NCC1(C(=O)NCCN2CCCCCC2)CCCCCC1. The van der Waals surface area contributed by atoms with E-state index in [0.29, 0.717) is 6.54 Å². The number of hydrogen-bond acceptors (Lipinski definition) is 3. The molecule has 1 amide bonds. The maximum Gasteiger partial charge on any atom is 0.227 e. The Labute approximate surface area is 129 Å². The van der Waals surface area contributed by atoms with E-state index < -0.39 is 0 Å². The van der Waals surface area contributed by atoms with Gasteiger partial charge in [0.25, 0.3) is 0 Å². The molecule has 0 bridgehead atoms. The molecule has 1 heterocycles. The topological polar surface area (TPSA) is 58.4 Å². The van der Waals surface area contributed by atoms with Gasteiger partial charge >= 0.3 is 0 Å². The van der Waals surface area contributed by atoms with E-state index in [1.807, 2.05) is 0 Å². The van der Waals surface area contributed by atoms with E-state index in [4.69, 9.17) is 5.73 Å². The first kappa shape index (κ1) is 16.8. The largest absolute Gasteiger partial charge is 0.354 e. The van der Waals surface area contributed by atoms with Crippen LogP contribution < -0.4 is 11.1 Å². The van der Waals surface area contributed by atoms with Crippen molar-refractivity contribution in [3.8, 4) is 0 Å². The third-order valence-corrected chi connectivity index (χ3v) is 5.35. The van der Waals surface area contributed by atoms with Crippen molar-refractivity contribution in [3.05, 3.63) is 0 Å². The van der Waals surface area contributed by atoms with E-state index in [1.54, 1.807) is 0 Å². The molecular formula is C17H33N3O. The number of carbonyl (C=O) groups is 1. The van der Waals surface area contributed by atoms with Gasteiger partial charge in [-0.1, -0.05) is 38.5 Å². The summed E-state index contributed by atoms with van der Waals surface area (Å²) in [5.74, 6) is 0.210. The van der Waals surface area contributed by atoms with E-state index >= 15 is 0 Å². The molecule has 2 fully saturated rings. The lowest BCUT2D eigenvalue weighted by Gasteiger charge is -2.30. The van der Waals surface area contributed by atoms with Crippen LogP contribution in [0.3, 0.4) is 0 Å². The van der Waals surface area contributed by atoms with Crippen molar-refractivity contribution in [2.45, 2.75) is 64.2 Å². The lowest BCUT2D eigenvalue weighted by atomic mass is 9.79. The zero-order valence-corrected chi connectivity index (χ0v) is 13.5. The summed E-state index contributed by atoms with van der Waals surface area (Å²) in [5, 5.41) is 3.18. The Balaban J connectivity index is 1.76. The Morgan fingerprint density at radius 1 is 0.952 bits per heavy atom. The van der Waals surface area contributed by atoms with Crippen LogP contribution >= 0.6 is 0 Å². The van der Waals surface area contributed by atoms with E-state index in [2.05, 4.69) is 10.2 Å². The minimum Gasteiger partial charge on any atom is -0.354 e. The van der Waals surface area contributed by atoms with Crippen LogP contribution in [0.4, 0.5) is 0 Å². The van der Waals surface area contributed by atoms with Crippen molar-refractivity contribution in [3.63, 3.8) is 0 Å². The smallest absolute Gasteiger partial charge is 0.227 e. The number of nitrogens with zero attached hydrogens (tertiary/aromatic N) is 1. The number of likely N-dealkylation sites (tertiary alicyclic amines) is 1. The normalized spacial score (nSPS) is 24.0. The van der Waals surface area contributed by atoms with Crippen molar-refractivity contribution in [2.24, 2.45) is 11.1 Å². The number of rotatable bonds is 5. The summed E-state index contributed by atoms with van der Waals surface area (Å²) in [6.07, 6.45) is 12.1. The molecule has 1 saturated heterocycles. The number of nitrogens with one attached hydrogen (secondary N) is 1. The minimum absolute atomic E-state index is 0.210. The highest BCUT2D eigenvalue weighted by Crippen LogP contribution is 2.34. The summed E-state index contributed by atoms with van der Waals surface area (Å²) in [5.41, 5.74) is 5.69. The van der Waals surface area contributed by atoms with Crippen molar-refractivity contribution >= 4 is 5.91 Å². The average molecular weight is 295 g/mol. The summed E-state index contributed by atoms with van der Waals surface area (Å²) in [6, 6.07) is 0.